The second kappa shape index (κ2) is 4.81. The topological polar surface area (TPSA) is 65.1 Å². The Balaban J connectivity index is 2.66. The highest BCUT2D eigenvalue weighted by Gasteiger charge is 2.15. The zero-order valence-electron chi connectivity index (χ0n) is 9.18. The third-order valence-corrected chi connectivity index (χ3v) is 4.66. The number of sulfone groups is 1. The van der Waals surface area contributed by atoms with Gasteiger partial charge < -0.3 is 10.3 Å². The van der Waals surface area contributed by atoms with Crippen molar-refractivity contribution in [3.63, 3.8) is 0 Å². The van der Waals surface area contributed by atoms with Crippen LogP contribution in [0.1, 0.15) is 19.5 Å². The van der Waals surface area contributed by atoms with E-state index in [2.05, 4.69) is 0 Å². The fraction of sp³-hybridized carbons (Fsp3) is 0.600. The summed E-state index contributed by atoms with van der Waals surface area (Å²) in [5.74, 6) is 0.173. The van der Waals surface area contributed by atoms with E-state index in [1.165, 1.54) is 0 Å². The first-order valence-corrected chi connectivity index (χ1v) is 6.74. The van der Waals surface area contributed by atoms with Crippen molar-refractivity contribution in [1.29, 1.82) is 0 Å². The van der Waals surface area contributed by atoms with Crippen LogP contribution >= 0.6 is 0 Å². The number of aromatic nitrogens is 1. The van der Waals surface area contributed by atoms with Gasteiger partial charge in [-0.05, 0) is 26.0 Å². The summed E-state index contributed by atoms with van der Waals surface area (Å²) in [6.45, 7) is 4.33. The molecule has 4 nitrogen and oxygen atoms in total. The van der Waals surface area contributed by atoms with Crippen LogP contribution in [-0.2, 0) is 22.9 Å². The smallest absolute Gasteiger partial charge is 0.154 e. The summed E-state index contributed by atoms with van der Waals surface area (Å²) < 4.78 is 25.0. The van der Waals surface area contributed by atoms with E-state index in [9.17, 15) is 8.42 Å². The van der Waals surface area contributed by atoms with Gasteiger partial charge in [-0.15, -0.1) is 0 Å². The van der Waals surface area contributed by atoms with Crippen LogP contribution < -0.4 is 5.73 Å². The van der Waals surface area contributed by atoms with Crippen LogP contribution in [-0.4, -0.2) is 24.0 Å². The molecular weight excluding hydrogens is 212 g/mol. The first-order valence-electron chi connectivity index (χ1n) is 5.03. The number of rotatable bonds is 5. The molecule has 1 rings (SSSR count). The predicted octanol–water partition coefficient (Wildman–Crippen LogP) is 0.770. The molecule has 0 fully saturated rings. The molecule has 0 spiro atoms. The van der Waals surface area contributed by atoms with Crippen molar-refractivity contribution in [1.82, 2.24) is 4.57 Å². The Labute approximate surface area is 91.0 Å². The van der Waals surface area contributed by atoms with Crippen molar-refractivity contribution in [2.45, 2.75) is 32.2 Å². The normalized spacial score (nSPS) is 12.3. The van der Waals surface area contributed by atoms with Gasteiger partial charge in [0.25, 0.3) is 0 Å². The van der Waals surface area contributed by atoms with Gasteiger partial charge in [0.2, 0.25) is 0 Å². The maximum absolute atomic E-state index is 11.6. The molecule has 1 heterocycles. The maximum atomic E-state index is 11.6. The summed E-state index contributed by atoms with van der Waals surface area (Å²) >= 11 is 0. The number of nitrogens with zero attached hydrogens (tertiary/aromatic N) is 1. The Morgan fingerprint density at radius 1 is 1.47 bits per heavy atom. The summed E-state index contributed by atoms with van der Waals surface area (Å²) in [4.78, 5) is 0. The van der Waals surface area contributed by atoms with Gasteiger partial charge in [-0.2, -0.15) is 0 Å². The van der Waals surface area contributed by atoms with Gasteiger partial charge in [0.15, 0.2) is 9.84 Å². The Hall–Kier alpha value is -0.810. The van der Waals surface area contributed by atoms with E-state index in [-0.39, 0.29) is 11.0 Å². The second-order valence-corrected chi connectivity index (χ2v) is 6.49. The third-order valence-electron chi connectivity index (χ3n) is 2.47. The molecule has 2 N–H and O–H groups in total. The molecule has 0 bridgehead atoms. The number of nitrogens with two attached hydrogens (primary N) is 1. The molecule has 0 aromatic carbocycles. The number of hydrogen-bond donors (Lipinski definition) is 1. The van der Waals surface area contributed by atoms with Gasteiger partial charge in [0, 0.05) is 25.0 Å². The zero-order valence-corrected chi connectivity index (χ0v) is 10.00. The Bertz CT molecular complexity index is 407. The van der Waals surface area contributed by atoms with Crippen molar-refractivity contribution in [3.8, 4) is 0 Å². The molecule has 0 aliphatic carbocycles. The zero-order chi connectivity index (χ0) is 11.5. The molecule has 15 heavy (non-hydrogen) atoms. The minimum atomic E-state index is -2.96. The first-order chi connectivity index (χ1) is 6.97. The molecular formula is C10H18N2O2S. The summed E-state index contributed by atoms with van der Waals surface area (Å²) in [5.41, 5.74) is 6.49. The van der Waals surface area contributed by atoms with Crippen molar-refractivity contribution in [2.75, 3.05) is 5.75 Å². The Morgan fingerprint density at radius 3 is 2.67 bits per heavy atom. The molecule has 0 amide bonds. The summed E-state index contributed by atoms with van der Waals surface area (Å²) in [6, 6.07) is 3.78. The molecule has 0 unspecified atom stereocenters. The van der Waals surface area contributed by atoms with Crippen molar-refractivity contribution >= 4 is 9.84 Å². The van der Waals surface area contributed by atoms with E-state index in [4.69, 9.17) is 5.73 Å². The van der Waals surface area contributed by atoms with Gasteiger partial charge in [-0.1, -0.05) is 0 Å². The van der Waals surface area contributed by atoms with Crippen molar-refractivity contribution in [3.05, 3.63) is 24.0 Å². The van der Waals surface area contributed by atoms with Crippen LogP contribution in [0.4, 0.5) is 0 Å². The highest BCUT2D eigenvalue weighted by Crippen LogP contribution is 2.05. The molecule has 0 saturated carbocycles. The Kier molecular flexibility index (Phi) is 3.93. The molecule has 0 saturated heterocycles. The Morgan fingerprint density at radius 2 is 2.13 bits per heavy atom. The van der Waals surface area contributed by atoms with Gasteiger partial charge in [0.1, 0.15) is 0 Å². The van der Waals surface area contributed by atoms with E-state index in [0.29, 0.717) is 13.1 Å². The standard InChI is InChI=1S/C10H18N2O2S/c1-9(2)15(13,14)7-6-12-5-3-4-10(12)8-11/h3-5,9H,6-8,11H2,1-2H3. The summed E-state index contributed by atoms with van der Waals surface area (Å²) in [6.07, 6.45) is 1.86. The third kappa shape index (κ3) is 3.07. The lowest BCUT2D eigenvalue weighted by Crippen LogP contribution is -2.21. The molecule has 0 radical (unpaired) electrons. The van der Waals surface area contributed by atoms with Crippen LogP contribution in [0.15, 0.2) is 18.3 Å². The van der Waals surface area contributed by atoms with E-state index in [1.807, 2.05) is 22.9 Å². The van der Waals surface area contributed by atoms with E-state index in [1.54, 1.807) is 13.8 Å². The fourth-order valence-corrected chi connectivity index (χ4v) is 2.24. The number of hydrogen-bond acceptors (Lipinski definition) is 3. The van der Waals surface area contributed by atoms with Crippen molar-refractivity contribution in [2.24, 2.45) is 5.73 Å². The predicted molar refractivity (Wildman–Crippen MR) is 61.2 cm³/mol. The summed E-state index contributed by atoms with van der Waals surface area (Å²) in [5, 5.41) is -0.311. The average Bonchev–Trinajstić information content (AvgIpc) is 2.61. The highest BCUT2D eigenvalue weighted by molar-refractivity contribution is 7.91. The molecule has 0 atom stereocenters. The molecule has 5 heteroatoms. The van der Waals surface area contributed by atoms with Crippen LogP contribution in [0.5, 0.6) is 0 Å². The lowest BCUT2D eigenvalue weighted by Gasteiger charge is -2.10. The quantitative estimate of drug-likeness (QED) is 0.812. The SMILES string of the molecule is CC(C)S(=O)(=O)CCn1cccc1CN. The minimum absolute atomic E-state index is 0.173. The maximum Gasteiger partial charge on any atom is 0.154 e. The monoisotopic (exact) mass is 230 g/mol. The van der Waals surface area contributed by atoms with E-state index in [0.717, 1.165) is 5.69 Å². The minimum Gasteiger partial charge on any atom is -0.349 e. The highest BCUT2D eigenvalue weighted by atomic mass is 32.2. The van der Waals surface area contributed by atoms with Crippen LogP contribution in [0.3, 0.4) is 0 Å². The van der Waals surface area contributed by atoms with Crippen LogP contribution in [0, 0.1) is 0 Å². The van der Waals surface area contributed by atoms with Gasteiger partial charge >= 0.3 is 0 Å². The van der Waals surface area contributed by atoms with Crippen LogP contribution in [0.2, 0.25) is 0 Å². The average molecular weight is 230 g/mol. The van der Waals surface area contributed by atoms with E-state index >= 15 is 0 Å². The van der Waals surface area contributed by atoms with Crippen LogP contribution in [0.25, 0.3) is 0 Å². The molecule has 86 valence electrons. The summed E-state index contributed by atoms with van der Waals surface area (Å²) in [7, 11) is -2.96. The second-order valence-electron chi connectivity index (χ2n) is 3.81. The van der Waals surface area contributed by atoms with Crippen molar-refractivity contribution < 1.29 is 8.42 Å². The fourth-order valence-electron chi connectivity index (χ4n) is 1.31. The lowest BCUT2D eigenvalue weighted by molar-refractivity contribution is 0.578. The van der Waals surface area contributed by atoms with Gasteiger partial charge in [-0.3, -0.25) is 0 Å². The molecule has 1 aromatic heterocycles. The molecule has 0 aliphatic heterocycles. The number of aryl methyl sites for hydroxylation is 1. The first kappa shape index (κ1) is 12.3. The van der Waals surface area contributed by atoms with Gasteiger partial charge in [-0.25, -0.2) is 8.42 Å². The van der Waals surface area contributed by atoms with E-state index < -0.39 is 9.84 Å². The molecule has 0 aliphatic rings. The largest absolute Gasteiger partial charge is 0.349 e. The van der Waals surface area contributed by atoms with Gasteiger partial charge in [0.05, 0.1) is 11.0 Å². The lowest BCUT2D eigenvalue weighted by atomic mass is 10.4. The molecule has 1 aromatic rings.